The molecular weight excluding hydrogens is 224 g/mol. The van der Waals surface area contributed by atoms with Gasteiger partial charge < -0.3 is 15.4 Å². The van der Waals surface area contributed by atoms with Crippen molar-refractivity contribution in [3.8, 4) is 5.75 Å². The van der Waals surface area contributed by atoms with Crippen LogP contribution in [0.1, 0.15) is 23.1 Å². The lowest BCUT2D eigenvalue weighted by atomic mass is 10.0. The van der Waals surface area contributed by atoms with Crippen LogP contribution < -0.4 is 15.4 Å². The van der Waals surface area contributed by atoms with E-state index in [0.717, 1.165) is 31.3 Å². The van der Waals surface area contributed by atoms with Gasteiger partial charge in [0.1, 0.15) is 5.75 Å². The van der Waals surface area contributed by atoms with Gasteiger partial charge in [-0.25, -0.2) is 0 Å². The smallest absolute Gasteiger partial charge is 0.125 e. The summed E-state index contributed by atoms with van der Waals surface area (Å²) in [4.78, 5) is 0. The highest BCUT2D eigenvalue weighted by molar-refractivity contribution is 5.61. The van der Waals surface area contributed by atoms with Crippen LogP contribution in [-0.4, -0.2) is 26.7 Å². The zero-order valence-electron chi connectivity index (χ0n) is 11.9. The third-order valence-electron chi connectivity index (χ3n) is 3.97. The molecule has 18 heavy (non-hydrogen) atoms. The monoisotopic (exact) mass is 248 g/mol. The maximum absolute atomic E-state index is 5.45. The molecule has 0 radical (unpaired) electrons. The van der Waals surface area contributed by atoms with E-state index in [1.165, 1.54) is 28.8 Å². The first-order valence-electron chi connectivity index (χ1n) is 6.73. The maximum Gasteiger partial charge on any atom is 0.125 e. The minimum absolute atomic E-state index is 0.757. The van der Waals surface area contributed by atoms with Crippen molar-refractivity contribution in [1.82, 2.24) is 5.32 Å². The van der Waals surface area contributed by atoms with Gasteiger partial charge in [-0.05, 0) is 69.0 Å². The van der Waals surface area contributed by atoms with Gasteiger partial charge in [-0.3, -0.25) is 0 Å². The number of hydrogen-bond acceptors (Lipinski definition) is 3. The number of ether oxygens (including phenoxy) is 1. The van der Waals surface area contributed by atoms with E-state index in [9.17, 15) is 0 Å². The lowest BCUT2D eigenvalue weighted by Crippen LogP contribution is -2.17. The lowest BCUT2D eigenvalue weighted by molar-refractivity contribution is 0.408. The quantitative estimate of drug-likeness (QED) is 0.859. The molecule has 0 spiro atoms. The molecule has 3 nitrogen and oxygen atoms in total. The van der Waals surface area contributed by atoms with Crippen molar-refractivity contribution in [2.45, 2.75) is 27.2 Å². The van der Waals surface area contributed by atoms with Crippen LogP contribution in [0.25, 0.3) is 0 Å². The van der Waals surface area contributed by atoms with Crippen LogP contribution in [0, 0.1) is 26.7 Å². The van der Waals surface area contributed by atoms with Crippen molar-refractivity contribution in [1.29, 1.82) is 0 Å². The summed E-state index contributed by atoms with van der Waals surface area (Å²) in [5.74, 6) is 1.77. The van der Waals surface area contributed by atoms with E-state index in [4.69, 9.17) is 4.74 Å². The number of hydrogen-bond donors (Lipinski definition) is 2. The standard InChI is InChI=1S/C15H24N2O/c1-10-7-14(11(2)12(3)15(10)18-4)17-9-13-5-6-16-8-13/h7,13,16-17H,5-6,8-9H2,1-4H3. The summed E-state index contributed by atoms with van der Waals surface area (Å²) in [6.07, 6.45) is 1.28. The van der Waals surface area contributed by atoms with Crippen molar-refractivity contribution in [3.63, 3.8) is 0 Å². The van der Waals surface area contributed by atoms with Crippen LogP contribution in [0.15, 0.2) is 6.07 Å². The molecule has 2 N–H and O–H groups in total. The Labute approximate surface area is 110 Å². The van der Waals surface area contributed by atoms with E-state index in [1.807, 2.05) is 0 Å². The summed E-state index contributed by atoms with van der Waals surface area (Å²) in [6, 6.07) is 2.20. The highest BCUT2D eigenvalue weighted by Crippen LogP contribution is 2.31. The van der Waals surface area contributed by atoms with E-state index in [-0.39, 0.29) is 0 Å². The fourth-order valence-corrected chi connectivity index (χ4v) is 2.70. The van der Waals surface area contributed by atoms with E-state index >= 15 is 0 Å². The molecule has 100 valence electrons. The summed E-state index contributed by atoms with van der Waals surface area (Å²) in [5.41, 5.74) is 4.98. The van der Waals surface area contributed by atoms with Gasteiger partial charge in [0, 0.05) is 12.2 Å². The Kier molecular flexibility index (Phi) is 4.12. The average Bonchev–Trinajstić information content (AvgIpc) is 2.86. The molecule has 1 aromatic carbocycles. The predicted molar refractivity (Wildman–Crippen MR) is 76.7 cm³/mol. The number of anilines is 1. The summed E-state index contributed by atoms with van der Waals surface area (Å²) in [5, 5.41) is 7.00. The molecule has 1 atom stereocenters. The summed E-state index contributed by atoms with van der Waals surface area (Å²) in [6.45, 7) is 9.74. The molecule has 1 fully saturated rings. The van der Waals surface area contributed by atoms with Crippen molar-refractivity contribution < 1.29 is 4.74 Å². The van der Waals surface area contributed by atoms with Gasteiger partial charge in [0.25, 0.3) is 0 Å². The fraction of sp³-hybridized carbons (Fsp3) is 0.600. The molecule has 1 saturated heterocycles. The van der Waals surface area contributed by atoms with Crippen molar-refractivity contribution in [2.75, 3.05) is 32.1 Å². The van der Waals surface area contributed by atoms with Crippen molar-refractivity contribution in [3.05, 3.63) is 22.8 Å². The van der Waals surface area contributed by atoms with E-state index < -0.39 is 0 Å². The fourth-order valence-electron chi connectivity index (χ4n) is 2.70. The highest BCUT2D eigenvalue weighted by Gasteiger charge is 2.15. The Morgan fingerprint density at radius 2 is 2.11 bits per heavy atom. The third-order valence-corrected chi connectivity index (χ3v) is 3.97. The molecule has 0 saturated carbocycles. The van der Waals surface area contributed by atoms with E-state index in [1.54, 1.807) is 7.11 Å². The molecule has 1 aromatic rings. The van der Waals surface area contributed by atoms with E-state index in [0.29, 0.717) is 0 Å². The maximum atomic E-state index is 5.45. The number of nitrogens with one attached hydrogen (secondary N) is 2. The number of benzene rings is 1. The molecule has 0 bridgehead atoms. The molecule has 0 amide bonds. The van der Waals surface area contributed by atoms with Gasteiger partial charge in [-0.2, -0.15) is 0 Å². The Morgan fingerprint density at radius 1 is 1.33 bits per heavy atom. The second-order valence-electron chi connectivity index (χ2n) is 5.26. The van der Waals surface area contributed by atoms with Gasteiger partial charge >= 0.3 is 0 Å². The van der Waals surface area contributed by atoms with Gasteiger partial charge in [-0.15, -0.1) is 0 Å². The molecule has 0 aliphatic carbocycles. The van der Waals surface area contributed by atoms with Crippen LogP contribution >= 0.6 is 0 Å². The molecule has 1 heterocycles. The summed E-state index contributed by atoms with van der Waals surface area (Å²) >= 11 is 0. The van der Waals surface area contributed by atoms with Crippen molar-refractivity contribution in [2.24, 2.45) is 5.92 Å². The Bertz CT molecular complexity index is 423. The highest BCUT2D eigenvalue weighted by atomic mass is 16.5. The van der Waals surface area contributed by atoms with E-state index in [2.05, 4.69) is 37.5 Å². The van der Waals surface area contributed by atoms with Gasteiger partial charge in [0.05, 0.1) is 7.11 Å². The number of aryl methyl sites for hydroxylation is 1. The Balaban J connectivity index is 2.12. The second kappa shape index (κ2) is 5.61. The van der Waals surface area contributed by atoms with Crippen LogP contribution in [0.5, 0.6) is 5.75 Å². The van der Waals surface area contributed by atoms with Crippen LogP contribution in [0.3, 0.4) is 0 Å². The molecule has 2 rings (SSSR count). The van der Waals surface area contributed by atoms with Crippen LogP contribution in [0.2, 0.25) is 0 Å². The molecule has 1 aliphatic rings. The van der Waals surface area contributed by atoms with Gasteiger partial charge in [-0.1, -0.05) is 0 Å². The largest absolute Gasteiger partial charge is 0.496 e. The molecule has 3 heteroatoms. The third kappa shape index (κ3) is 2.61. The molecule has 1 unspecified atom stereocenters. The normalized spacial score (nSPS) is 19.0. The first-order valence-corrected chi connectivity index (χ1v) is 6.73. The second-order valence-corrected chi connectivity index (χ2v) is 5.26. The van der Waals surface area contributed by atoms with Crippen molar-refractivity contribution >= 4 is 5.69 Å². The molecular formula is C15H24N2O. The minimum Gasteiger partial charge on any atom is -0.496 e. The number of methoxy groups -OCH3 is 1. The zero-order chi connectivity index (χ0) is 13.1. The lowest BCUT2D eigenvalue weighted by Gasteiger charge is -2.18. The molecule has 1 aliphatic heterocycles. The van der Waals surface area contributed by atoms with Crippen LogP contribution in [-0.2, 0) is 0 Å². The SMILES string of the molecule is COc1c(C)cc(NCC2CCNC2)c(C)c1C. The predicted octanol–water partition coefficient (Wildman–Crippen LogP) is 2.64. The number of rotatable bonds is 4. The van der Waals surface area contributed by atoms with Gasteiger partial charge in [0.2, 0.25) is 0 Å². The first kappa shape index (κ1) is 13.2. The minimum atomic E-state index is 0.757. The first-order chi connectivity index (χ1) is 8.63. The zero-order valence-corrected chi connectivity index (χ0v) is 11.9. The summed E-state index contributed by atoms with van der Waals surface area (Å²) < 4.78 is 5.45. The Morgan fingerprint density at radius 3 is 2.72 bits per heavy atom. The molecule has 0 aromatic heterocycles. The summed E-state index contributed by atoms with van der Waals surface area (Å²) in [7, 11) is 1.74. The Hall–Kier alpha value is -1.22. The van der Waals surface area contributed by atoms with Crippen LogP contribution in [0.4, 0.5) is 5.69 Å². The average molecular weight is 248 g/mol. The topological polar surface area (TPSA) is 33.3 Å². The van der Waals surface area contributed by atoms with Gasteiger partial charge in [0.15, 0.2) is 0 Å².